The first-order valence-electron chi connectivity index (χ1n) is 6.00. The van der Waals surface area contributed by atoms with Crippen molar-refractivity contribution in [1.82, 2.24) is 0 Å². The Hall–Kier alpha value is -1.56. The van der Waals surface area contributed by atoms with Crippen LogP contribution < -0.4 is 11.1 Å². The molecule has 0 radical (unpaired) electrons. The summed E-state index contributed by atoms with van der Waals surface area (Å²) in [5, 5.41) is 2.44. The molecule has 0 aliphatic heterocycles. The third kappa shape index (κ3) is 3.96. The lowest BCUT2D eigenvalue weighted by molar-refractivity contribution is -0.138. The number of carbonyl (C=O) groups is 1. The van der Waals surface area contributed by atoms with Crippen LogP contribution in [0.2, 0.25) is 0 Å². The standard InChI is InChI=1S/C13H17F3N2O/c1-3-5-10(17)12(19)18-11-7-4-6-9(8(11)2)13(14,15)16/h4,6-7,10H,3,5,17H2,1-2H3,(H,18,19). The maximum Gasteiger partial charge on any atom is 0.416 e. The molecular formula is C13H17F3N2O. The van der Waals surface area contributed by atoms with Crippen LogP contribution in [0.15, 0.2) is 18.2 Å². The van der Waals surface area contributed by atoms with Gasteiger partial charge < -0.3 is 11.1 Å². The van der Waals surface area contributed by atoms with Gasteiger partial charge in [-0.05, 0) is 31.0 Å². The number of rotatable bonds is 4. The van der Waals surface area contributed by atoms with Crippen LogP contribution in [0.5, 0.6) is 0 Å². The predicted molar refractivity (Wildman–Crippen MR) is 67.7 cm³/mol. The highest BCUT2D eigenvalue weighted by molar-refractivity contribution is 5.95. The molecule has 0 spiro atoms. The largest absolute Gasteiger partial charge is 0.416 e. The van der Waals surface area contributed by atoms with Crippen molar-refractivity contribution in [1.29, 1.82) is 0 Å². The van der Waals surface area contributed by atoms with Crippen LogP contribution >= 0.6 is 0 Å². The summed E-state index contributed by atoms with van der Waals surface area (Å²) in [5.41, 5.74) is 5.00. The molecule has 1 unspecified atom stereocenters. The van der Waals surface area contributed by atoms with Gasteiger partial charge in [0, 0.05) is 5.69 Å². The SMILES string of the molecule is CCCC(N)C(=O)Nc1cccc(C(F)(F)F)c1C. The molecule has 0 bridgehead atoms. The molecule has 106 valence electrons. The minimum Gasteiger partial charge on any atom is -0.324 e. The first-order chi connectivity index (χ1) is 8.77. The summed E-state index contributed by atoms with van der Waals surface area (Å²) in [7, 11) is 0. The van der Waals surface area contributed by atoms with Gasteiger partial charge in [-0.15, -0.1) is 0 Å². The highest BCUT2D eigenvalue weighted by Gasteiger charge is 2.33. The molecule has 0 saturated carbocycles. The first-order valence-corrected chi connectivity index (χ1v) is 6.00. The summed E-state index contributed by atoms with van der Waals surface area (Å²) >= 11 is 0. The number of carbonyl (C=O) groups excluding carboxylic acids is 1. The zero-order chi connectivity index (χ0) is 14.6. The molecule has 1 amide bonds. The number of benzene rings is 1. The fourth-order valence-electron chi connectivity index (χ4n) is 1.75. The van der Waals surface area contributed by atoms with Crippen LogP contribution in [-0.2, 0) is 11.0 Å². The Morgan fingerprint density at radius 2 is 2.05 bits per heavy atom. The summed E-state index contributed by atoms with van der Waals surface area (Å²) in [5.74, 6) is -0.468. The van der Waals surface area contributed by atoms with Gasteiger partial charge >= 0.3 is 6.18 Å². The minimum atomic E-state index is -4.43. The van der Waals surface area contributed by atoms with Crippen LogP contribution in [0.1, 0.15) is 30.9 Å². The van der Waals surface area contributed by atoms with Crippen LogP contribution in [0.3, 0.4) is 0 Å². The Morgan fingerprint density at radius 1 is 1.42 bits per heavy atom. The third-order valence-electron chi connectivity index (χ3n) is 2.83. The van der Waals surface area contributed by atoms with E-state index in [1.807, 2.05) is 6.92 Å². The van der Waals surface area contributed by atoms with Gasteiger partial charge in [-0.3, -0.25) is 4.79 Å². The van der Waals surface area contributed by atoms with E-state index < -0.39 is 23.7 Å². The second kappa shape index (κ2) is 6.06. The Labute approximate surface area is 110 Å². The van der Waals surface area contributed by atoms with Gasteiger partial charge in [0.25, 0.3) is 0 Å². The molecule has 0 aliphatic carbocycles. The van der Waals surface area contributed by atoms with Crippen molar-refractivity contribution in [3.63, 3.8) is 0 Å². The lowest BCUT2D eigenvalue weighted by Gasteiger charge is -2.16. The number of anilines is 1. The number of nitrogens with one attached hydrogen (secondary N) is 1. The molecule has 6 heteroatoms. The molecule has 0 aliphatic rings. The fourth-order valence-corrected chi connectivity index (χ4v) is 1.75. The average molecular weight is 274 g/mol. The molecule has 1 atom stereocenters. The summed E-state index contributed by atoms with van der Waals surface area (Å²) in [6.45, 7) is 3.20. The monoisotopic (exact) mass is 274 g/mol. The van der Waals surface area contributed by atoms with Gasteiger partial charge in [0.05, 0.1) is 11.6 Å². The molecule has 0 aromatic heterocycles. The van der Waals surface area contributed by atoms with E-state index in [1.54, 1.807) is 0 Å². The van der Waals surface area contributed by atoms with Gasteiger partial charge in [0.2, 0.25) is 5.91 Å². The second-order valence-corrected chi connectivity index (χ2v) is 4.36. The number of nitrogens with two attached hydrogens (primary N) is 1. The molecule has 3 nitrogen and oxygen atoms in total. The zero-order valence-electron chi connectivity index (χ0n) is 10.8. The smallest absolute Gasteiger partial charge is 0.324 e. The maximum atomic E-state index is 12.7. The van der Waals surface area contributed by atoms with E-state index in [1.165, 1.54) is 19.1 Å². The predicted octanol–water partition coefficient (Wildman–Crippen LogP) is 3.08. The van der Waals surface area contributed by atoms with Crippen LogP contribution in [-0.4, -0.2) is 11.9 Å². The molecule has 0 saturated heterocycles. The van der Waals surface area contributed by atoms with E-state index in [-0.39, 0.29) is 11.3 Å². The number of halogens is 3. The van der Waals surface area contributed by atoms with E-state index in [0.29, 0.717) is 6.42 Å². The van der Waals surface area contributed by atoms with E-state index in [9.17, 15) is 18.0 Å². The van der Waals surface area contributed by atoms with E-state index in [4.69, 9.17) is 5.73 Å². The number of hydrogen-bond acceptors (Lipinski definition) is 2. The lowest BCUT2D eigenvalue weighted by atomic mass is 10.1. The highest BCUT2D eigenvalue weighted by atomic mass is 19.4. The van der Waals surface area contributed by atoms with Gasteiger partial charge in [-0.1, -0.05) is 19.4 Å². The average Bonchev–Trinajstić information content (AvgIpc) is 2.30. The molecule has 1 aromatic carbocycles. The minimum absolute atomic E-state index is 0.00736. The van der Waals surface area contributed by atoms with Gasteiger partial charge in [0.1, 0.15) is 0 Å². The van der Waals surface area contributed by atoms with E-state index >= 15 is 0 Å². The topological polar surface area (TPSA) is 55.1 Å². The van der Waals surface area contributed by atoms with Crippen LogP contribution in [0, 0.1) is 6.92 Å². The Bertz CT molecular complexity index is 458. The van der Waals surface area contributed by atoms with Gasteiger partial charge in [-0.25, -0.2) is 0 Å². The van der Waals surface area contributed by atoms with Crippen molar-refractivity contribution in [2.75, 3.05) is 5.32 Å². The van der Waals surface area contributed by atoms with Gasteiger partial charge in [0.15, 0.2) is 0 Å². The number of alkyl halides is 3. The van der Waals surface area contributed by atoms with E-state index in [2.05, 4.69) is 5.32 Å². The Morgan fingerprint density at radius 3 is 2.58 bits per heavy atom. The molecule has 0 fully saturated rings. The molecule has 3 N–H and O–H groups in total. The van der Waals surface area contributed by atoms with Crippen molar-refractivity contribution in [3.05, 3.63) is 29.3 Å². The molecule has 1 rings (SSSR count). The quantitative estimate of drug-likeness (QED) is 0.886. The van der Waals surface area contributed by atoms with Crippen molar-refractivity contribution < 1.29 is 18.0 Å². The lowest BCUT2D eigenvalue weighted by Crippen LogP contribution is -2.35. The maximum absolute atomic E-state index is 12.7. The normalized spacial score (nSPS) is 13.2. The van der Waals surface area contributed by atoms with Crippen molar-refractivity contribution >= 4 is 11.6 Å². The summed E-state index contributed by atoms with van der Waals surface area (Å²) in [6.07, 6.45) is -3.21. The van der Waals surface area contributed by atoms with Crippen LogP contribution in [0.25, 0.3) is 0 Å². The summed E-state index contributed by atoms with van der Waals surface area (Å²) in [6, 6.07) is 2.97. The highest BCUT2D eigenvalue weighted by Crippen LogP contribution is 2.34. The zero-order valence-corrected chi connectivity index (χ0v) is 10.8. The molecule has 1 aromatic rings. The Balaban J connectivity index is 2.94. The summed E-state index contributed by atoms with van der Waals surface area (Å²) < 4.78 is 38.1. The molecule has 0 heterocycles. The van der Waals surface area contributed by atoms with E-state index in [0.717, 1.165) is 12.5 Å². The molecular weight excluding hydrogens is 257 g/mol. The van der Waals surface area contributed by atoms with Crippen molar-refractivity contribution in [3.8, 4) is 0 Å². The number of hydrogen-bond donors (Lipinski definition) is 2. The van der Waals surface area contributed by atoms with Gasteiger partial charge in [-0.2, -0.15) is 13.2 Å². The summed E-state index contributed by atoms with van der Waals surface area (Å²) in [4.78, 5) is 11.7. The van der Waals surface area contributed by atoms with Crippen molar-refractivity contribution in [2.45, 2.75) is 38.9 Å². The third-order valence-corrected chi connectivity index (χ3v) is 2.83. The van der Waals surface area contributed by atoms with Crippen molar-refractivity contribution in [2.24, 2.45) is 5.73 Å². The second-order valence-electron chi connectivity index (χ2n) is 4.36. The molecule has 19 heavy (non-hydrogen) atoms. The number of amides is 1. The Kier molecular flexibility index (Phi) is 4.94. The fraction of sp³-hybridized carbons (Fsp3) is 0.462. The first kappa shape index (κ1) is 15.5. The van der Waals surface area contributed by atoms with Crippen LogP contribution in [0.4, 0.5) is 18.9 Å².